The minimum absolute atomic E-state index is 0.291. The molecular formula is C14H20ClNOS. The van der Waals surface area contributed by atoms with Crippen molar-refractivity contribution in [3.05, 3.63) is 34.3 Å². The quantitative estimate of drug-likeness (QED) is 0.658. The van der Waals surface area contributed by atoms with Gasteiger partial charge in [0.15, 0.2) is 0 Å². The summed E-state index contributed by atoms with van der Waals surface area (Å²) in [6.45, 7) is 7.84. The van der Waals surface area contributed by atoms with E-state index in [9.17, 15) is 0 Å². The van der Waals surface area contributed by atoms with E-state index in [1.165, 1.54) is 0 Å². The number of benzene rings is 1. The molecule has 0 bridgehead atoms. The summed E-state index contributed by atoms with van der Waals surface area (Å²) in [4.78, 5) is 0.358. The van der Waals surface area contributed by atoms with Crippen molar-refractivity contribution in [1.82, 2.24) is 0 Å². The van der Waals surface area contributed by atoms with Gasteiger partial charge in [-0.05, 0) is 23.5 Å². The zero-order valence-electron chi connectivity index (χ0n) is 11.1. The van der Waals surface area contributed by atoms with E-state index < -0.39 is 0 Å². The molecule has 0 aliphatic heterocycles. The predicted octanol–water partition coefficient (Wildman–Crippen LogP) is 3.93. The maximum atomic E-state index is 6.15. The van der Waals surface area contributed by atoms with Crippen LogP contribution < -0.4 is 5.73 Å². The van der Waals surface area contributed by atoms with Crippen molar-refractivity contribution < 1.29 is 4.74 Å². The second kappa shape index (κ2) is 6.50. The Morgan fingerprint density at radius 1 is 1.39 bits per heavy atom. The normalized spacial score (nSPS) is 11.6. The molecular weight excluding hydrogens is 266 g/mol. The minimum Gasteiger partial charge on any atom is -0.389 e. The van der Waals surface area contributed by atoms with Crippen molar-refractivity contribution in [2.45, 2.75) is 33.8 Å². The fourth-order valence-electron chi connectivity index (χ4n) is 1.38. The van der Waals surface area contributed by atoms with Gasteiger partial charge in [-0.25, -0.2) is 0 Å². The summed E-state index contributed by atoms with van der Waals surface area (Å²) < 4.78 is 5.63. The molecule has 0 fully saturated rings. The second-order valence-corrected chi connectivity index (χ2v) is 6.38. The van der Waals surface area contributed by atoms with E-state index in [2.05, 4.69) is 20.8 Å². The highest BCUT2D eigenvalue weighted by Crippen LogP contribution is 2.21. The summed E-state index contributed by atoms with van der Waals surface area (Å²) in [5, 5.41) is 0.649. The van der Waals surface area contributed by atoms with Crippen LogP contribution in [-0.4, -0.2) is 11.6 Å². The fourth-order valence-corrected chi connectivity index (χ4v) is 1.74. The summed E-state index contributed by atoms with van der Waals surface area (Å²) in [6.07, 6.45) is 1.02. The third-order valence-electron chi connectivity index (χ3n) is 2.59. The van der Waals surface area contributed by atoms with E-state index in [4.69, 9.17) is 34.3 Å². The van der Waals surface area contributed by atoms with Gasteiger partial charge in [0, 0.05) is 17.2 Å². The van der Waals surface area contributed by atoms with Crippen molar-refractivity contribution in [3.8, 4) is 0 Å². The zero-order chi connectivity index (χ0) is 13.8. The molecule has 0 aliphatic carbocycles. The van der Waals surface area contributed by atoms with E-state index in [0.29, 0.717) is 22.0 Å². The van der Waals surface area contributed by atoms with E-state index >= 15 is 0 Å². The molecule has 1 aromatic carbocycles. The number of hydrogen-bond acceptors (Lipinski definition) is 2. The first-order chi connectivity index (χ1) is 8.29. The third kappa shape index (κ3) is 5.34. The van der Waals surface area contributed by atoms with Crippen LogP contribution in [-0.2, 0) is 11.3 Å². The van der Waals surface area contributed by atoms with Gasteiger partial charge in [0.2, 0.25) is 0 Å². The first kappa shape index (κ1) is 15.4. The van der Waals surface area contributed by atoms with Crippen LogP contribution in [0.3, 0.4) is 0 Å². The van der Waals surface area contributed by atoms with Gasteiger partial charge < -0.3 is 10.5 Å². The van der Waals surface area contributed by atoms with Gasteiger partial charge in [-0.1, -0.05) is 56.7 Å². The van der Waals surface area contributed by atoms with E-state index in [0.717, 1.165) is 24.2 Å². The maximum absolute atomic E-state index is 6.15. The van der Waals surface area contributed by atoms with Gasteiger partial charge in [0.05, 0.1) is 6.61 Å². The van der Waals surface area contributed by atoms with Crippen LogP contribution in [0, 0.1) is 5.41 Å². The Hall–Kier alpha value is -0.640. The standard InChI is InChI=1S/C14H20ClNOS/c1-14(2,3)6-7-17-9-11-5-4-10(13(16)18)8-12(11)15/h4-5,8H,6-7,9H2,1-3H3,(H2,16,18). The van der Waals surface area contributed by atoms with Crippen LogP contribution in [0.5, 0.6) is 0 Å². The Balaban J connectivity index is 2.51. The van der Waals surface area contributed by atoms with Gasteiger partial charge in [-0.15, -0.1) is 0 Å². The van der Waals surface area contributed by atoms with Crippen LogP contribution in [0.4, 0.5) is 0 Å². The van der Waals surface area contributed by atoms with Gasteiger partial charge in [-0.3, -0.25) is 0 Å². The SMILES string of the molecule is CC(C)(C)CCOCc1ccc(C(N)=S)cc1Cl. The lowest BCUT2D eigenvalue weighted by atomic mass is 9.93. The predicted molar refractivity (Wildman–Crippen MR) is 81.1 cm³/mol. The van der Waals surface area contributed by atoms with Crippen molar-refractivity contribution in [2.24, 2.45) is 11.1 Å². The Bertz CT molecular complexity index is 426. The summed E-state index contributed by atoms with van der Waals surface area (Å²) in [5.74, 6) is 0. The lowest BCUT2D eigenvalue weighted by Crippen LogP contribution is -2.10. The highest BCUT2D eigenvalue weighted by atomic mass is 35.5. The van der Waals surface area contributed by atoms with Crippen molar-refractivity contribution in [1.29, 1.82) is 0 Å². The van der Waals surface area contributed by atoms with Crippen LogP contribution >= 0.6 is 23.8 Å². The summed E-state index contributed by atoms with van der Waals surface area (Å²) in [5.41, 5.74) is 7.58. The number of nitrogens with two attached hydrogens (primary N) is 1. The molecule has 0 saturated heterocycles. The molecule has 0 saturated carbocycles. The van der Waals surface area contributed by atoms with E-state index in [1.54, 1.807) is 6.07 Å². The molecule has 4 heteroatoms. The number of rotatable bonds is 5. The highest BCUT2D eigenvalue weighted by Gasteiger charge is 2.10. The third-order valence-corrected chi connectivity index (χ3v) is 3.18. The first-order valence-electron chi connectivity index (χ1n) is 5.95. The molecule has 0 aliphatic rings. The molecule has 0 spiro atoms. The molecule has 1 aromatic rings. The molecule has 0 atom stereocenters. The van der Waals surface area contributed by atoms with Gasteiger partial charge in [0.25, 0.3) is 0 Å². The van der Waals surface area contributed by atoms with Crippen molar-refractivity contribution in [2.75, 3.05) is 6.61 Å². The van der Waals surface area contributed by atoms with E-state index in [1.807, 2.05) is 12.1 Å². The van der Waals surface area contributed by atoms with Crippen LogP contribution in [0.2, 0.25) is 5.02 Å². The molecule has 0 radical (unpaired) electrons. The minimum atomic E-state index is 0.291. The largest absolute Gasteiger partial charge is 0.389 e. The highest BCUT2D eigenvalue weighted by molar-refractivity contribution is 7.80. The number of ether oxygens (including phenoxy) is 1. The Kier molecular flexibility index (Phi) is 5.57. The average Bonchev–Trinajstić information content (AvgIpc) is 2.24. The van der Waals surface area contributed by atoms with Crippen LogP contribution in [0.1, 0.15) is 38.3 Å². The first-order valence-corrected chi connectivity index (χ1v) is 6.74. The summed E-state index contributed by atoms with van der Waals surface area (Å²) in [7, 11) is 0. The molecule has 0 unspecified atom stereocenters. The van der Waals surface area contributed by atoms with Crippen LogP contribution in [0.15, 0.2) is 18.2 Å². The molecule has 0 aromatic heterocycles. The Morgan fingerprint density at radius 2 is 2.06 bits per heavy atom. The molecule has 2 N–H and O–H groups in total. The monoisotopic (exact) mass is 285 g/mol. The molecule has 100 valence electrons. The maximum Gasteiger partial charge on any atom is 0.104 e. The molecule has 1 rings (SSSR count). The van der Waals surface area contributed by atoms with Crippen molar-refractivity contribution in [3.63, 3.8) is 0 Å². The molecule has 18 heavy (non-hydrogen) atoms. The van der Waals surface area contributed by atoms with Gasteiger partial charge in [0.1, 0.15) is 4.99 Å². The van der Waals surface area contributed by atoms with Gasteiger partial charge >= 0.3 is 0 Å². The number of thiocarbonyl (C=S) groups is 1. The van der Waals surface area contributed by atoms with Crippen LogP contribution in [0.25, 0.3) is 0 Å². The number of hydrogen-bond donors (Lipinski definition) is 1. The smallest absolute Gasteiger partial charge is 0.104 e. The summed E-state index contributed by atoms with van der Waals surface area (Å²) in [6, 6.07) is 5.57. The van der Waals surface area contributed by atoms with Crippen molar-refractivity contribution >= 4 is 28.8 Å². The average molecular weight is 286 g/mol. The lowest BCUT2D eigenvalue weighted by molar-refractivity contribution is 0.0963. The topological polar surface area (TPSA) is 35.2 Å². The molecule has 2 nitrogen and oxygen atoms in total. The lowest BCUT2D eigenvalue weighted by Gasteiger charge is -2.17. The summed E-state index contributed by atoms with van der Waals surface area (Å²) >= 11 is 11.0. The zero-order valence-corrected chi connectivity index (χ0v) is 12.7. The number of halogens is 1. The Labute approximate surface area is 119 Å². The molecule has 0 heterocycles. The Morgan fingerprint density at radius 3 is 2.56 bits per heavy atom. The fraction of sp³-hybridized carbons (Fsp3) is 0.500. The van der Waals surface area contributed by atoms with Gasteiger partial charge in [-0.2, -0.15) is 0 Å². The second-order valence-electron chi connectivity index (χ2n) is 5.53. The molecule has 0 amide bonds. The van der Waals surface area contributed by atoms with E-state index in [-0.39, 0.29) is 0 Å².